The van der Waals surface area contributed by atoms with E-state index in [2.05, 4.69) is 17.2 Å². The van der Waals surface area contributed by atoms with Crippen LogP contribution in [0, 0.1) is 29.0 Å². The molecule has 0 atom stereocenters. The molecular weight excluding hydrogens is 343 g/mol. The average molecular weight is 376 g/mol. The maximum atomic E-state index is 8.95. The molecule has 1 spiro atoms. The summed E-state index contributed by atoms with van der Waals surface area (Å²) in [6.45, 7) is 5.62. The number of nitrogens with one attached hydrogen (secondary N) is 1. The number of hydrogen-bond donors (Lipinski definition) is 1. The third-order valence-electron chi connectivity index (χ3n) is 5.57. The Morgan fingerprint density at radius 1 is 0.926 bits per heavy atom. The smallest absolute Gasteiger partial charge is 0.268 e. The molecule has 2 fully saturated rings. The Morgan fingerprint density at radius 2 is 1.48 bits per heavy atom. The third-order valence-corrected chi connectivity index (χ3v) is 5.57. The summed E-state index contributed by atoms with van der Waals surface area (Å²) in [5.41, 5.74) is 0.505. The van der Waals surface area contributed by atoms with Gasteiger partial charge in [-0.3, -0.25) is 0 Å². The quantitative estimate of drug-likeness (QED) is 0.283. The Balaban J connectivity index is 1.30. The lowest BCUT2D eigenvalue weighted by Gasteiger charge is -2.48. The molecule has 0 aromatic rings. The molecule has 0 radical (unpaired) electrons. The summed E-state index contributed by atoms with van der Waals surface area (Å²) < 4.78 is 21.5. The molecule has 2 rings (SSSR count). The van der Waals surface area contributed by atoms with Crippen LogP contribution in [0.4, 0.5) is 0 Å². The van der Waals surface area contributed by atoms with Crippen molar-refractivity contribution in [3.8, 4) is 18.3 Å². The van der Waals surface area contributed by atoms with Gasteiger partial charge < -0.3 is 24.3 Å². The molecular formula is C20H33BN2O4. The van der Waals surface area contributed by atoms with Crippen LogP contribution in [0.15, 0.2) is 0 Å². The predicted molar refractivity (Wildman–Crippen MR) is 106 cm³/mol. The zero-order valence-corrected chi connectivity index (χ0v) is 16.4. The second-order valence-corrected chi connectivity index (χ2v) is 7.56. The van der Waals surface area contributed by atoms with E-state index in [0.717, 1.165) is 19.2 Å². The van der Waals surface area contributed by atoms with Crippen LogP contribution in [-0.4, -0.2) is 72.2 Å². The number of ether oxygens (including phenoxy) is 4. The van der Waals surface area contributed by atoms with Crippen LogP contribution in [0.1, 0.15) is 25.7 Å². The summed E-state index contributed by atoms with van der Waals surface area (Å²) in [6, 6.07) is 0.610. The van der Waals surface area contributed by atoms with Gasteiger partial charge in [-0.15, -0.1) is 6.42 Å². The van der Waals surface area contributed by atoms with E-state index in [0.29, 0.717) is 71.0 Å². The maximum absolute atomic E-state index is 8.95. The highest BCUT2D eigenvalue weighted by Gasteiger charge is 2.48. The molecule has 1 N–H and O–H groups in total. The zero-order valence-electron chi connectivity index (χ0n) is 16.4. The first kappa shape index (κ1) is 22.2. The summed E-state index contributed by atoms with van der Waals surface area (Å²) >= 11 is 0. The Labute approximate surface area is 164 Å². The highest BCUT2D eigenvalue weighted by molar-refractivity contribution is 6.70. The van der Waals surface area contributed by atoms with Crippen LogP contribution in [0.3, 0.4) is 0 Å². The fraction of sp³-hybridized carbons (Fsp3) is 0.850. The van der Waals surface area contributed by atoms with Crippen molar-refractivity contribution < 1.29 is 18.9 Å². The van der Waals surface area contributed by atoms with Crippen molar-refractivity contribution >= 4 is 6.71 Å². The molecule has 150 valence electrons. The van der Waals surface area contributed by atoms with E-state index in [-0.39, 0.29) is 0 Å². The van der Waals surface area contributed by atoms with Gasteiger partial charge in [0.25, 0.3) is 6.71 Å². The van der Waals surface area contributed by atoms with Gasteiger partial charge in [-0.05, 0) is 31.1 Å². The Kier molecular flexibility index (Phi) is 10.8. The highest BCUT2D eigenvalue weighted by Crippen LogP contribution is 2.52. The van der Waals surface area contributed by atoms with Crippen molar-refractivity contribution in [1.82, 2.24) is 5.32 Å². The molecule has 1 aliphatic carbocycles. The molecule has 1 saturated carbocycles. The van der Waals surface area contributed by atoms with Crippen molar-refractivity contribution in [2.45, 2.75) is 44.4 Å². The van der Waals surface area contributed by atoms with Gasteiger partial charge in [-0.25, -0.2) is 5.26 Å². The number of nitrogens with zero attached hydrogens (tertiary/aromatic N) is 1. The monoisotopic (exact) mass is 376 g/mol. The Morgan fingerprint density at radius 3 is 2.04 bits per heavy atom. The molecule has 1 saturated heterocycles. The lowest BCUT2D eigenvalue weighted by molar-refractivity contribution is 0.00138. The number of rotatable bonds is 14. The first-order chi connectivity index (χ1) is 13.3. The van der Waals surface area contributed by atoms with Gasteiger partial charge in [0, 0.05) is 18.6 Å². The topological polar surface area (TPSA) is 72.7 Å². The normalized spacial score (nSPS) is 18.8. The van der Waals surface area contributed by atoms with Gasteiger partial charge in [-0.2, -0.15) is 0 Å². The van der Waals surface area contributed by atoms with Gasteiger partial charge >= 0.3 is 0 Å². The van der Waals surface area contributed by atoms with E-state index >= 15 is 0 Å². The minimum atomic E-state index is 0.324. The second kappa shape index (κ2) is 13.2. The van der Waals surface area contributed by atoms with Gasteiger partial charge in [0.05, 0.1) is 46.2 Å². The molecule has 27 heavy (non-hydrogen) atoms. The van der Waals surface area contributed by atoms with Crippen molar-refractivity contribution in [2.75, 3.05) is 59.4 Å². The van der Waals surface area contributed by atoms with E-state index in [1.807, 2.05) is 0 Å². The van der Waals surface area contributed by atoms with E-state index in [4.69, 9.17) is 30.6 Å². The minimum absolute atomic E-state index is 0.324. The van der Waals surface area contributed by atoms with Crippen LogP contribution >= 0.6 is 0 Å². The predicted octanol–water partition coefficient (Wildman–Crippen LogP) is 1.78. The van der Waals surface area contributed by atoms with E-state index in [1.165, 1.54) is 25.7 Å². The first-order valence-corrected chi connectivity index (χ1v) is 10.2. The van der Waals surface area contributed by atoms with Crippen molar-refractivity contribution in [3.05, 3.63) is 0 Å². The molecule has 2 aliphatic rings. The van der Waals surface area contributed by atoms with Crippen LogP contribution in [-0.2, 0) is 18.9 Å². The van der Waals surface area contributed by atoms with E-state index in [9.17, 15) is 0 Å². The Hall–Kier alpha value is -1.09. The zero-order chi connectivity index (χ0) is 19.2. The van der Waals surface area contributed by atoms with Gasteiger partial charge in [0.15, 0.2) is 0 Å². The summed E-state index contributed by atoms with van der Waals surface area (Å²) in [7, 11) is 0. The molecule has 0 aromatic heterocycles. The summed E-state index contributed by atoms with van der Waals surface area (Å²) in [6.07, 6.45) is 12.3. The molecule has 1 heterocycles. The van der Waals surface area contributed by atoms with Gasteiger partial charge in [-0.1, -0.05) is 18.6 Å². The van der Waals surface area contributed by atoms with E-state index < -0.39 is 0 Å². The number of terminal acetylenes is 1. The maximum Gasteiger partial charge on any atom is 0.268 e. The molecule has 6 nitrogen and oxygen atoms in total. The number of hydrogen-bond acceptors (Lipinski definition) is 6. The third kappa shape index (κ3) is 8.64. The summed E-state index contributed by atoms with van der Waals surface area (Å²) in [4.78, 5) is 0. The molecule has 0 aromatic carbocycles. The summed E-state index contributed by atoms with van der Waals surface area (Å²) in [5.74, 6) is 4.81. The molecule has 1 aliphatic heterocycles. The van der Waals surface area contributed by atoms with Gasteiger partial charge in [0.1, 0.15) is 6.61 Å². The first-order valence-electron chi connectivity index (χ1n) is 10.2. The fourth-order valence-corrected chi connectivity index (χ4v) is 4.05. The van der Waals surface area contributed by atoms with Crippen molar-refractivity contribution in [3.63, 3.8) is 0 Å². The lowest BCUT2D eigenvalue weighted by Crippen LogP contribution is -2.47. The van der Waals surface area contributed by atoms with Crippen LogP contribution in [0.2, 0.25) is 12.6 Å². The summed E-state index contributed by atoms with van der Waals surface area (Å²) in [5, 5.41) is 12.5. The van der Waals surface area contributed by atoms with Crippen LogP contribution in [0.25, 0.3) is 0 Å². The molecule has 0 amide bonds. The van der Waals surface area contributed by atoms with Crippen molar-refractivity contribution in [1.29, 1.82) is 5.26 Å². The SMILES string of the molecule is C#CCOCCOCCOCCOCCNC1CCC2(CC1)CB(C#N)C2. The lowest BCUT2D eigenvalue weighted by atomic mass is 9.26. The van der Waals surface area contributed by atoms with Crippen LogP contribution < -0.4 is 5.32 Å². The fourth-order valence-electron chi connectivity index (χ4n) is 4.05. The standard InChI is InChI=1S/C20H33BN2O4/c1-2-8-24-10-12-26-14-15-27-13-11-25-9-7-23-19-3-5-20(6-4-19)16-21(17-20)18-22/h1,19,23H,3-17H2. The second-order valence-electron chi connectivity index (χ2n) is 7.56. The molecule has 7 heteroatoms. The van der Waals surface area contributed by atoms with E-state index in [1.54, 1.807) is 0 Å². The average Bonchev–Trinajstić information content (AvgIpc) is 2.67. The molecule has 0 unspecified atom stereocenters. The molecule has 0 bridgehead atoms. The minimum Gasteiger partial charge on any atom is -0.378 e. The van der Waals surface area contributed by atoms with Crippen LogP contribution in [0.5, 0.6) is 0 Å². The van der Waals surface area contributed by atoms with Crippen molar-refractivity contribution in [2.24, 2.45) is 5.41 Å². The number of nitriles is 1. The van der Waals surface area contributed by atoms with Gasteiger partial charge in [0.2, 0.25) is 0 Å². The Bertz CT molecular complexity index is 475. The highest BCUT2D eigenvalue weighted by atomic mass is 16.6. The largest absolute Gasteiger partial charge is 0.378 e.